The van der Waals surface area contributed by atoms with Gasteiger partial charge in [-0.2, -0.15) is 13.2 Å². The summed E-state index contributed by atoms with van der Waals surface area (Å²) in [5.41, 5.74) is 1.32. The topological polar surface area (TPSA) is 76.0 Å². The second-order valence-corrected chi connectivity index (χ2v) is 10.2. The molecular weight excluding hydrogens is 579 g/mol. The molecule has 5 aromatic rings. The van der Waals surface area contributed by atoms with Crippen molar-refractivity contribution in [2.75, 3.05) is 5.32 Å². The van der Waals surface area contributed by atoms with E-state index in [0.29, 0.717) is 23.3 Å². The lowest BCUT2D eigenvalue weighted by molar-refractivity contribution is -0.137. The fourth-order valence-electron chi connectivity index (χ4n) is 5.06. The van der Waals surface area contributed by atoms with Crippen LogP contribution in [0.1, 0.15) is 43.4 Å². The standard InChI is InChI=1S/C30H18ClF5N4O2/c1-40-13-37-23-5-2-14(10-25(23)40)15-8-21-26(27(39-29(21)42)20-12-18(32)3-4-22(20)31)24(9-15)38-28(41)16-6-17(30(34,35)36)11-19(33)7-16/h2-13,27H,1H3,(H,38,41)(H,39,42). The van der Waals surface area contributed by atoms with Crippen molar-refractivity contribution >= 4 is 40.1 Å². The van der Waals surface area contributed by atoms with E-state index in [1.54, 1.807) is 35.2 Å². The van der Waals surface area contributed by atoms with Gasteiger partial charge in [-0.25, -0.2) is 13.8 Å². The van der Waals surface area contributed by atoms with Crippen molar-refractivity contribution in [3.8, 4) is 11.1 Å². The Hall–Kier alpha value is -4.77. The molecule has 2 N–H and O–H groups in total. The molecule has 42 heavy (non-hydrogen) atoms. The molecule has 0 bridgehead atoms. The Morgan fingerprint density at radius 3 is 2.52 bits per heavy atom. The molecule has 4 aromatic carbocycles. The van der Waals surface area contributed by atoms with Crippen LogP contribution in [-0.4, -0.2) is 21.4 Å². The number of alkyl halides is 3. The van der Waals surface area contributed by atoms with Gasteiger partial charge in [0.15, 0.2) is 0 Å². The number of imidazole rings is 1. The largest absolute Gasteiger partial charge is 0.416 e. The van der Waals surface area contributed by atoms with Gasteiger partial charge in [0.2, 0.25) is 0 Å². The number of halogens is 6. The molecular formula is C30H18ClF5N4O2. The third kappa shape index (κ3) is 4.85. The predicted octanol–water partition coefficient (Wildman–Crippen LogP) is 7.28. The molecule has 6 nitrogen and oxygen atoms in total. The van der Waals surface area contributed by atoms with Crippen LogP contribution in [0.5, 0.6) is 0 Å². The van der Waals surface area contributed by atoms with Crippen LogP contribution in [0.15, 0.2) is 73.1 Å². The van der Waals surface area contributed by atoms with E-state index in [-0.39, 0.29) is 33.5 Å². The van der Waals surface area contributed by atoms with Crippen LogP contribution < -0.4 is 10.6 Å². The van der Waals surface area contributed by atoms with E-state index in [4.69, 9.17) is 11.6 Å². The second-order valence-electron chi connectivity index (χ2n) is 9.80. The van der Waals surface area contributed by atoms with Crippen molar-refractivity contribution in [1.82, 2.24) is 14.9 Å². The number of hydrogen-bond donors (Lipinski definition) is 2. The average molecular weight is 597 g/mol. The molecule has 1 aliphatic heterocycles. The molecule has 2 amide bonds. The molecule has 1 aliphatic rings. The van der Waals surface area contributed by atoms with Gasteiger partial charge in [-0.1, -0.05) is 17.7 Å². The van der Waals surface area contributed by atoms with Crippen molar-refractivity contribution in [2.24, 2.45) is 7.05 Å². The lowest BCUT2D eigenvalue weighted by Crippen LogP contribution is -2.21. The van der Waals surface area contributed by atoms with Crippen LogP contribution in [-0.2, 0) is 13.2 Å². The van der Waals surface area contributed by atoms with Crippen LogP contribution in [0, 0.1) is 11.6 Å². The van der Waals surface area contributed by atoms with Crippen molar-refractivity contribution in [1.29, 1.82) is 0 Å². The Morgan fingerprint density at radius 1 is 0.976 bits per heavy atom. The number of aromatic nitrogens is 2. The maximum absolute atomic E-state index is 14.2. The van der Waals surface area contributed by atoms with Crippen molar-refractivity contribution in [3.05, 3.63) is 118 Å². The Balaban J connectivity index is 1.52. The van der Waals surface area contributed by atoms with E-state index in [0.717, 1.165) is 23.2 Å². The number of carbonyl (C=O) groups is 2. The Bertz CT molecular complexity index is 1940. The van der Waals surface area contributed by atoms with Crippen LogP contribution >= 0.6 is 11.6 Å². The third-order valence-corrected chi connectivity index (χ3v) is 7.40. The van der Waals surface area contributed by atoms with E-state index in [2.05, 4.69) is 15.6 Å². The number of rotatable bonds is 4. The summed E-state index contributed by atoms with van der Waals surface area (Å²) in [7, 11) is 1.81. The number of benzene rings is 4. The summed E-state index contributed by atoms with van der Waals surface area (Å²) in [6.07, 6.45) is -3.25. The highest BCUT2D eigenvalue weighted by Gasteiger charge is 2.36. The monoisotopic (exact) mass is 596 g/mol. The lowest BCUT2D eigenvalue weighted by atomic mass is 9.92. The SMILES string of the molecule is Cn1cnc2ccc(-c3cc(NC(=O)c4cc(F)cc(C(F)(F)F)c4)c4c(c3)C(=O)NC4c3cc(F)ccc3Cl)cc21. The highest BCUT2D eigenvalue weighted by Crippen LogP contribution is 2.42. The number of nitrogens with one attached hydrogen (secondary N) is 2. The predicted molar refractivity (Wildman–Crippen MR) is 146 cm³/mol. The van der Waals surface area contributed by atoms with Crippen molar-refractivity contribution in [2.45, 2.75) is 12.2 Å². The zero-order chi connectivity index (χ0) is 29.9. The van der Waals surface area contributed by atoms with Crippen LogP contribution in [0.2, 0.25) is 5.02 Å². The number of aryl methyl sites for hydroxylation is 1. The van der Waals surface area contributed by atoms with E-state index < -0.39 is 46.8 Å². The molecule has 6 rings (SSSR count). The van der Waals surface area contributed by atoms with E-state index in [1.807, 2.05) is 13.1 Å². The summed E-state index contributed by atoms with van der Waals surface area (Å²) in [6.45, 7) is 0. The van der Waals surface area contributed by atoms with Gasteiger partial charge in [-0.05, 0) is 71.8 Å². The van der Waals surface area contributed by atoms with Crippen molar-refractivity contribution < 1.29 is 31.5 Å². The van der Waals surface area contributed by atoms with Crippen LogP contribution in [0.25, 0.3) is 22.2 Å². The first kappa shape index (κ1) is 27.4. The summed E-state index contributed by atoms with van der Waals surface area (Å²) in [5.74, 6) is -3.47. The van der Waals surface area contributed by atoms with E-state index in [9.17, 15) is 31.5 Å². The average Bonchev–Trinajstić information content (AvgIpc) is 3.48. The number of carbonyl (C=O) groups excluding carboxylic acids is 2. The summed E-state index contributed by atoms with van der Waals surface area (Å²) >= 11 is 6.35. The normalized spacial score (nSPS) is 14.6. The number of amides is 2. The van der Waals surface area contributed by atoms with E-state index in [1.165, 1.54) is 6.07 Å². The minimum absolute atomic E-state index is 0.0408. The van der Waals surface area contributed by atoms with Crippen LogP contribution in [0.3, 0.4) is 0 Å². The van der Waals surface area contributed by atoms with Gasteiger partial charge in [0.25, 0.3) is 11.8 Å². The fourth-order valence-corrected chi connectivity index (χ4v) is 5.28. The highest BCUT2D eigenvalue weighted by atomic mass is 35.5. The molecule has 0 radical (unpaired) electrons. The summed E-state index contributed by atoms with van der Waals surface area (Å²) in [6, 6.07) is 12.6. The minimum Gasteiger partial charge on any atom is -0.341 e. The Morgan fingerprint density at radius 2 is 1.76 bits per heavy atom. The minimum atomic E-state index is -4.89. The second kappa shape index (κ2) is 9.95. The Kier molecular flexibility index (Phi) is 6.49. The Labute approximate surface area is 239 Å². The lowest BCUT2D eigenvalue weighted by Gasteiger charge is -2.19. The molecule has 212 valence electrons. The van der Waals surface area contributed by atoms with E-state index >= 15 is 0 Å². The maximum Gasteiger partial charge on any atom is 0.416 e. The van der Waals surface area contributed by atoms with Gasteiger partial charge >= 0.3 is 6.18 Å². The van der Waals surface area contributed by atoms with Gasteiger partial charge < -0.3 is 15.2 Å². The molecule has 2 heterocycles. The smallest absolute Gasteiger partial charge is 0.341 e. The molecule has 0 saturated heterocycles. The first-order chi connectivity index (χ1) is 19.9. The van der Waals surface area contributed by atoms with Gasteiger partial charge in [0, 0.05) is 40.0 Å². The van der Waals surface area contributed by atoms with Crippen LogP contribution in [0.4, 0.5) is 27.6 Å². The number of nitrogens with zero attached hydrogens (tertiary/aromatic N) is 2. The number of hydrogen-bond acceptors (Lipinski definition) is 3. The summed E-state index contributed by atoms with van der Waals surface area (Å²) in [5, 5.41) is 5.43. The fraction of sp³-hybridized carbons (Fsp3) is 0.100. The molecule has 0 saturated carbocycles. The van der Waals surface area contributed by atoms with Crippen molar-refractivity contribution in [3.63, 3.8) is 0 Å². The highest BCUT2D eigenvalue weighted by molar-refractivity contribution is 6.31. The van der Waals surface area contributed by atoms with Gasteiger partial charge in [0.05, 0.1) is 29.0 Å². The molecule has 1 unspecified atom stereocenters. The maximum atomic E-state index is 14.2. The molecule has 12 heteroatoms. The zero-order valence-corrected chi connectivity index (χ0v) is 22.2. The zero-order valence-electron chi connectivity index (χ0n) is 21.5. The van der Waals surface area contributed by atoms with Gasteiger partial charge in [-0.15, -0.1) is 0 Å². The molecule has 0 aliphatic carbocycles. The molecule has 1 atom stereocenters. The number of anilines is 1. The molecule has 0 spiro atoms. The summed E-state index contributed by atoms with van der Waals surface area (Å²) < 4.78 is 70.1. The number of fused-ring (bicyclic) bond motifs is 2. The molecule has 1 aromatic heterocycles. The first-order valence-corrected chi connectivity index (χ1v) is 12.8. The van der Waals surface area contributed by atoms with Gasteiger partial charge in [0.1, 0.15) is 11.6 Å². The molecule has 0 fully saturated rings. The third-order valence-electron chi connectivity index (χ3n) is 7.05. The quantitative estimate of drug-likeness (QED) is 0.214. The first-order valence-electron chi connectivity index (χ1n) is 12.4. The van der Waals surface area contributed by atoms with Gasteiger partial charge in [-0.3, -0.25) is 9.59 Å². The summed E-state index contributed by atoms with van der Waals surface area (Å²) in [4.78, 5) is 30.8.